The molecule has 174 valence electrons. The van der Waals surface area contributed by atoms with Crippen LogP contribution in [0.25, 0.3) is 6.08 Å². The van der Waals surface area contributed by atoms with Crippen LogP contribution in [0, 0.1) is 0 Å². The quantitative estimate of drug-likeness (QED) is 0.671. The summed E-state index contributed by atoms with van der Waals surface area (Å²) in [6.45, 7) is 4.44. The van der Waals surface area contributed by atoms with Gasteiger partial charge in [-0.3, -0.25) is 9.59 Å². The fourth-order valence-corrected chi connectivity index (χ4v) is 4.03. The molecule has 1 fully saturated rings. The van der Waals surface area contributed by atoms with E-state index in [1.807, 2.05) is 31.2 Å². The number of rotatable bonds is 6. The van der Waals surface area contributed by atoms with E-state index in [-0.39, 0.29) is 18.4 Å². The maximum Gasteiger partial charge on any atom is 0.257 e. The SMILES string of the molecule is CCOc1cccc2c1OCC(C(=O)N1CCN(C(=O)c3ccc(OC)cc3OC)CC1)=C2. The second-order valence-corrected chi connectivity index (χ2v) is 7.72. The lowest BCUT2D eigenvalue weighted by Crippen LogP contribution is -2.51. The predicted molar refractivity (Wildman–Crippen MR) is 123 cm³/mol. The molecule has 2 aromatic rings. The van der Waals surface area contributed by atoms with Gasteiger partial charge in [0, 0.05) is 37.8 Å². The summed E-state index contributed by atoms with van der Waals surface area (Å²) in [5, 5.41) is 0. The van der Waals surface area contributed by atoms with E-state index in [0.717, 1.165) is 5.56 Å². The van der Waals surface area contributed by atoms with Crippen molar-refractivity contribution in [2.75, 3.05) is 53.6 Å². The van der Waals surface area contributed by atoms with Gasteiger partial charge < -0.3 is 28.7 Å². The lowest BCUT2D eigenvalue weighted by molar-refractivity contribution is -0.128. The fourth-order valence-electron chi connectivity index (χ4n) is 4.03. The van der Waals surface area contributed by atoms with Gasteiger partial charge >= 0.3 is 0 Å². The highest BCUT2D eigenvalue weighted by Crippen LogP contribution is 2.36. The average Bonchev–Trinajstić information content (AvgIpc) is 2.87. The van der Waals surface area contributed by atoms with E-state index in [1.165, 1.54) is 7.11 Å². The molecule has 8 nitrogen and oxygen atoms in total. The number of carbonyl (C=O) groups is 2. The van der Waals surface area contributed by atoms with Gasteiger partial charge in [-0.15, -0.1) is 0 Å². The minimum absolute atomic E-state index is 0.0726. The zero-order valence-corrected chi connectivity index (χ0v) is 19.1. The van der Waals surface area contributed by atoms with Gasteiger partial charge in [-0.1, -0.05) is 12.1 Å². The predicted octanol–water partition coefficient (Wildman–Crippen LogP) is 2.86. The van der Waals surface area contributed by atoms with Crippen molar-refractivity contribution in [1.29, 1.82) is 0 Å². The van der Waals surface area contributed by atoms with E-state index in [9.17, 15) is 9.59 Å². The molecular formula is C25H28N2O6. The fraction of sp³-hybridized carbons (Fsp3) is 0.360. The van der Waals surface area contributed by atoms with Crippen LogP contribution < -0.4 is 18.9 Å². The van der Waals surface area contributed by atoms with Gasteiger partial charge in [-0.2, -0.15) is 0 Å². The van der Waals surface area contributed by atoms with Crippen molar-refractivity contribution >= 4 is 17.9 Å². The molecule has 1 saturated heterocycles. The summed E-state index contributed by atoms with van der Waals surface area (Å²) in [7, 11) is 3.09. The van der Waals surface area contributed by atoms with Gasteiger partial charge in [0.05, 0.1) is 32.0 Å². The van der Waals surface area contributed by atoms with E-state index < -0.39 is 0 Å². The molecule has 2 heterocycles. The molecule has 2 amide bonds. The Morgan fingerprint density at radius 3 is 2.33 bits per heavy atom. The van der Waals surface area contributed by atoms with Crippen LogP contribution in [0.5, 0.6) is 23.0 Å². The van der Waals surface area contributed by atoms with Crippen LogP contribution in [0.15, 0.2) is 42.0 Å². The number of piperazine rings is 1. The highest BCUT2D eigenvalue weighted by molar-refractivity contribution is 6.00. The average molecular weight is 453 g/mol. The number of methoxy groups -OCH3 is 2. The number of hydrogen-bond acceptors (Lipinski definition) is 6. The zero-order valence-electron chi connectivity index (χ0n) is 19.1. The number of fused-ring (bicyclic) bond motifs is 1. The molecule has 0 unspecified atom stereocenters. The van der Waals surface area contributed by atoms with Gasteiger partial charge in [0.2, 0.25) is 0 Å². The molecule has 0 bridgehead atoms. The second kappa shape index (κ2) is 9.85. The molecule has 0 aliphatic carbocycles. The first kappa shape index (κ1) is 22.5. The number of hydrogen-bond donors (Lipinski definition) is 0. The topological polar surface area (TPSA) is 77.5 Å². The van der Waals surface area contributed by atoms with Crippen LogP contribution in [0.1, 0.15) is 22.8 Å². The van der Waals surface area contributed by atoms with E-state index in [1.54, 1.807) is 35.1 Å². The van der Waals surface area contributed by atoms with Crippen LogP contribution in [0.3, 0.4) is 0 Å². The normalized spacial score (nSPS) is 15.2. The molecule has 0 radical (unpaired) electrons. The minimum Gasteiger partial charge on any atom is -0.497 e. The minimum atomic E-state index is -0.126. The molecule has 0 atom stereocenters. The summed E-state index contributed by atoms with van der Waals surface area (Å²) in [5.74, 6) is 2.23. The number of amides is 2. The molecule has 2 aliphatic rings. The molecular weight excluding hydrogens is 424 g/mol. The largest absolute Gasteiger partial charge is 0.497 e. The molecule has 0 aromatic heterocycles. The number of para-hydroxylation sites is 1. The molecule has 0 N–H and O–H groups in total. The Labute approximate surface area is 193 Å². The van der Waals surface area contributed by atoms with Crippen molar-refractivity contribution in [3.05, 3.63) is 53.1 Å². The molecule has 0 saturated carbocycles. The summed E-state index contributed by atoms with van der Waals surface area (Å²) < 4.78 is 22.0. The van der Waals surface area contributed by atoms with Crippen molar-refractivity contribution in [2.24, 2.45) is 0 Å². The highest BCUT2D eigenvalue weighted by Gasteiger charge is 2.29. The highest BCUT2D eigenvalue weighted by atomic mass is 16.5. The van der Waals surface area contributed by atoms with Gasteiger partial charge in [-0.25, -0.2) is 0 Å². The summed E-state index contributed by atoms with van der Waals surface area (Å²) in [5.41, 5.74) is 1.90. The number of ether oxygens (including phenoxy) is 4. The van der Waals surface area contributed by atoms with Crippen molar-refractivity contribution in [1.82, 2.24) is 9.80 Å². The Morgan fingerprint density at radius 2 is 1.67 bits per heavy atom. The summed E-state index contributed by atoms with van der Waals surface area (Å²) >= 11 is 0. The standard InChI is InChI=1S/C25H28N2O6/c1-4-32-21-7-5-6-17-14-18(16-33-23(17)21)24(28)26-10-12-27(13-11-26)25(29)20-9-8-19(30-2)15-22(20)31-3/h5-9,14-15H,4,10-13,16H2,1-3H3. The third-order valence-electron chi connectivity index (χ3n) is 5.78. The Bertz CT molecular complexity index is 1070. The molecule has 2 aliphatic heterocycles. The smallest absolute Gasteiger partial charge is 0.257 e. The maximum atomic E-state index is 13.1. The van der Waals surface area contributed by atoms with E-state index in [2.05, 4.69) is 0 Å². The third-order valence-corrected chi connectivity index (χ3v) is 5.78. The lowest BCUT2D eigenvalue weighted by Gasteiger charge is -2.35. The third kappa shape index (κ3) is 4.60. The van der Waals surface area contributed by atoms with Gasteiger partial charge in [-0.05, 0) is 31.2 Å². The van der Waals surface area contributed by atoms with Crippen molar-refractivity contribution < 1.29 is 28.5 Å². The maximum absolute atomic E-state index is 13.1. The number of benzene rings is 2. The first-order valence-corrected chi connectivity index (χ1v) is 11.0. The van der Waals surface area contributed by atoms with Crippen LogP contribution in [-0.4, -0.2) is 75.2 Å². The van der Waals surface area contributed by atoms with Crippen molar-refractivity contribution in [2.45, 2.75) is 6.92 Å². The number of nitrogens with zero attached hydrogens (tertiary/aromatic N) is 2. The van der Waals surface area contributed by atoms with E-state index >= 15 is 0 Å². The second-order valence-electron chi connectivity index (χ2n) is 7.72. The first-order valence-electron chi connectivity index (χ1n) is 11.0. The van der Waals surface area contributed by atoms with Crippen molar-refractivity contribution in [3.63, 3.8) is 0 Å². The zero-order chi connectivity index (χ0) is 23.4. The molecule has 0 spiro atoms. The Hall–Kier alpha value is -3.68. The molecule has 8 heteroatoms. The van der Waals surface area contributed by atoms with Crippen LogP contribution in [0.4, 0.5) is 0 Å². The molecule has 33 heavy (non-hydrogen) atoms. The van der Waals surface area contributed by atoms with Gasteiger partial charge in [0.15, 0.2) is 11.5 Å². The summed E-state index contributed by atoms with van der Waals surface area (Å²) in [6.07, 6.45) is 1.86. The Morgan fingerprint density at radius 1 is 0.939 bits per heavy atom. The lowest BCUT2D eigenvalue weighted by atomic mass is 10.1. The Balaban J connectivity index is 1.42. The first-order chi connectivity index (χ1) is 16.0. The van der Waals surface area contributed by atoms with E-state index in [4.69, 9.17) is 18.9 Å². The van der Waals surface area contributed by atoms with Crippen LogP contribution in [-0.2, 0) is 4.79 Å². The van der Waals surface area contributed by atoms with E-state index in [0.29, 0.717) is 66.9 Å². The summed E-state index contributed by atoms with van der Waals surface area (Å²) in [6, 6.07) is 10.8. The van der Waals surface area contributed by atoms with Crippen molar-refractivity contribution in [3.8, 4) is 23.0 Å². The number of carbonyl (C=O) groups excluding carboxylic acids is 2. The Kier molecular flexibility index (Phi) is 6.72. The molecule has 4 rings (SSSR count). The summed E-state index contributed by atoms with van der Waals surface area (Å²) in [4.78, 5) is 29.6. The monoisotopic (exact) mass is 452 g/mol. The van der Waals surface area contributed by atoms with Gasteiger partial charge in [0.25, 0.3) is 11.8 Å². The van der Waals surface area contributed by atoms with Gasteiger partial charge in [0.1, 0.15) is 18.1 Å². The van der Waals surface area contributed by atoms with Crippen LogP contribution >= 0.6 is 0 Å². The van der Waals surface area contributed by atoms with Crippen LogP contribution in [0.2, 0.25) is 0 Å². The molecule has 2 aromatic carbocycles.